The second kappa shape index (κ2) is 6.99. The molecule has 0 radical (unpaired) electrons. The van der Waals surface area contributed by atoms with Crippen molar-refractivity contribution in [3.05, 3.63) is 28.8 Å². The van der Waals surface area contributed by atoms with E-state index in [0.29, 0.717) is 48.4 Å². The molecule has 130 valence electrons. The standard InChI is InChI=1S/C17H23ClN4O2/c1-11(19)12-4-7-21(8-5-12)16(23)14-10-13(2-3-15(14)18)22-9-6-20-17(22)24/h2-3,10-12H,4-9,19H2,1H3,(H,20,24). The van der Waals surface area contributed by atoms with Gasteiger partial charge in [0.05, 0.1) is 10.6 Å². The van der Waals surface area contributed by atoms with Crippen molar-refractivity contribution in [1.82, 2.24) is 10.2 Å². The summed E-state index contributed by atoms with van der Waals surface area (Å²) in [6.45, 7) is 4.60. The molecule has 3 amide bonds. The van der Waals surface area contributed by atoms with Crippen LogP contribution in [0.25, 0.3) is 0 Å². The number of amides is 3. The van der Waals surface area contributed by atoms with E-state index in [2.05, 4.69) is 5.32 Å². The molecule has 0 aliphatic carbocycles. The third-order valence-electron chi connectivity index (χ3n) is 4.92. The minimum atomic E-state index is -0.145. The number of anilines is 1. The minimum Gasteiger partial charge on any atom is -0.339 e. The lowest BCUT2D eigenvalue weighted by molar-refractivity contribution is 0.0681. The van der Waals surface area contributed by atoms with Gasteiger partial charge in [-0.3, -0.25) is 9.69 Å². The second-order valence-electron chi connectivity index (χ2n) is 6.54. The Morgan fingerprint density at radius 1 is 1.33 bits per heavy atom. The normalized spacial score (nSPS) is 20.2. The Labute approximate surface area is 146 Å². The van der Waals surface area contributed by atoms with Crippen molar-refractivity contribution in [3.8, 4) is 0 Å². The number of hydrogen-bond donors (Lipinski definition) is 2. The monoisotopic (exact) mass is 350 g/mol. The molecule has 2 saturated heterocycles. The van der Waals surface area contributed by atoms with Crippen molar-refractivity contribution in [2.24, 2.45) is 11.7 Å². The number of benzene rings is 1. The summed E-state index contributed by atoms with van der Waals surface area (Å²) in [6.07, 6.45) is 1.82. The average molecular weight is 351 g/mol. The SMILES string of the molecule is CC(N)C1CCN(C(=O)c2cc(N3CCNC3=O)ccc2Cl)CC1. The summed E-state index contributed by atoms with van der Waals surface area (Å²) in [5.41, 5.74) is 7.11. The molecule has 1 atom stereocenters. The van der Waals surface area contributed by atoms with Gasteiger partial charge in [0.15, 0.2) is 0 Å². The van der Waals surface area contributed by atoms with Gasteiger partial charge < -0.3 is 16.0 Å². The molecule has 2 fully saturated rings. The van der Waals surface area contributed by atoms with Gasteiger partial charge in [0, 0.05) is 37.9 Å². The van der Waals surface area contributed by atoms with Crippen molar-refractivity contribution in [2.75, 3.05) is 31.1 Å². The number of halogens is 1. The van der Waals surface area contributed by atoms with E-state index in [-0.39, 0.29) is 18.0 Å². The van der Waals surface area contributed by atoms with Crippen LogP contribution >= 0.6 is 11.6 Å². The first-order valence-electron chi connectivity index (χ1n) is 8.37. The van der Waals surface area contributed by atoms with Crippen LogP contribution in [0.1, 0.15) is 30.1 Å². The Hall–Kier alpha value is -1.79. The zero-order valence-electron chi connectivity index (χ0n) is 13.8. The molecule has 2 aliphatic rings. The number of carbonyl (C=O) groups is 2. The van der Waals surface area contributed by atoms with Crippen LogP contribution in [0.3, 0.4) is 0 Å². The highest BCUT2D eigenvalue weighted by Gasteiger charge is 2.28. The van der Waals surface area contributed by atoms with Crippen LogP contribution in [0.2, 0.25) is 5.02 Å². The van der Waals surface area contributed by atoms with Crippen LogP contribution in [0.15, 0.2) is 18.2 Å². The molecule has 0 saturated carbocycles. The Balaban J connectivity index is 1.76. The van der Waals surface area contributed by atoms with Gasteiger partial charge in [-0.05, 0) is 43.9 Å². The first-order valence-corrected chi connectivity index (χ1v) is 8.75. The van der Waals surface area contributed by atoms with Crippen LogP contribution in [-0.4, -0.2) is 49.1 Å². The van der Waals surface area contributed by atoms with E-state index in [9.17, 15) is 9.59 Å². The molecule has 3 N–H and O–H groups in total. The third-order valence-corrected chi connectivity index (χ3v) is 5.25. The number of rotatable bonds is 3. The Morgan fingerprint density at radius 3 is 2.62 bits per heavy atom. The van der Waals surface area contributed by atoms with Gasteiger partial charge >= 0.3 is 6.03 Å². The van der Waals surface area contributed by atoms with E-state index in [0.717, 1.165) is 12.8 Å². The number of hydrogen-bond acceptors (Lipinski definition) is 3. The van der Waals surface area contributed by atoms with Crippen molar-refractivity contribution in [3.63, 3.8) is 0 Å². The fourth-order valence-electron chi connectivity index (χ4n) is 3.36. The number of urea groups is 1. The predicted octanol–water partition coefficient (Wildman–Crippen LogP) is 2.07. The number of nitrogens with one attached hydrogen (secondary N) is 1. The summed E-state index contributed by atoms with van der Waals surface area (Å²) in [4.78, 5) is 28.1. The zero-order valence-corrected chi connectivity index (χ0v) is 14.6. The number of likely N-dealkylation sites (tertiary alicyclic amines) is 1. The second-order valence-corrected chi connectivity index (χ2v) is 6.94. The van der Waals surface area contributed by atoms with E-state index < -0.39 is 0 Å². The van der Waals surface area contributed by atoms with Crippen LogP contribution < -0.4 is 16.0 Å². The summed E-state index contributed by atoms with van der Waals surface area (Å²) in [5, 5.41) is 3.17. The van der Waals surface area contributed by atoms with Gasteiger partial charge in [-0.15, -0.1) is 0 Å². The lowest BCUT2D eigenvalue weighted by atomic mass is 9.90. The summed E-state index contributed by atoms with van der Waals surface area (Å²) in [7, 11) is 0. The summed E-state index contributed by atoms with van der Waals surface area (Å²) >= 11 is 6.25. The largest absolute Gasteiger partial charge is 0.339 e. The highest BCUT2D eigenvalue weighted by Crippen LogP contribution is 2.27. The lowest BCUT2D eigenvalue weighted by Gasteiger charge is -2.34. The Kier molecular flexibility index (Phi) is 4.96. The molecular formula is C17H23ClN4O2. The number of nitrogens with two attached hydrogens (primary N) is 1. The Bertz CT molecular complexity index is 641. The van der Waals surface area contributed by atoms with E-state index in [1.54, 1.807) is 23.1 Å². The van der Waals surface area contributed by atoms with Gasteiger partial charge in [-0.1, -0.05) is 11.6 Å². The molecular weight excluding hydrogens is 328 g/mol. The summed E-state index contributed by atoms with van der Waals surface area (Å²) < 4.78 is 0. The van der Waals surface area contributed by atoms with Crippen LogP contribution in [-0.2, 0) is 0 Å². The van der Waals surface area contributed by atoms with Crippen molar-refractivity contribution in [2.45, 2.75) is 25.8 Å². The number of nitrogens with zero attached hydrogens (tertiary/aromatic N) is 2. The van der Waals surface area contributed by atoms with Crippen molar-refractivity contribution >= 4 is 29.2 Å². The third kappa shape index (κ3) is 3.35. The molecule has 3 rings (SSSR count). The maximum Gasteiger partial charge on any atom is 0.321 e. The molecule has 6 nitrogen and oxygen atoms in total. The van der Waals surface area contributed by atoms with Crippen LogP contribution in [0.5, 0.6) is 0 Å². The van der Waals surface area contributed by atoms with Gasteiger partial charge in [0.25, 0.3) is 5.91 Å². The quantitative estimate of drug-likeness (QED) is 0.875. The predicted molar refractivity (Wildman–Crippen MR) is 94.5 cm³/mol. The minimum absolute atomic E-state index is 0.0791. The molecule has 1 unspecified atom stereocenters. The topological polar surface area (TPSA) is 78.7 Å². The van der Waals surface area contributed by atoms with Gasteiger partial charge in [0.2, 0.25) is 0 Å². The molecule has 2 heterocycles. The number of carbonyl (C=O) groups excluding carboxylic acids is 2. The Morgan fingerprint density at radius 2 is 2.04 bits per heavy atom. The van der Waals surface area contributed by atoms with E-state index in [1.807, 2.05) is 11.8 Å². The maximum atomic E-state index is 12.8. The van der Waals surface area contributed by atoms with Crippen LogP contribution in [0, 0.1) is 5.92 Å². The van der Waals surface area contributed by atoms with Crippen molar-refractivity contribution < 1.29 is 9.59 Å². The first kappa shape index (κ1) is 17.0. The van der Waals surface area contributed by atoms with E-state index in [4.69, 9.17) is 17.3 Å². The highest BCUT2D eigenvalue weighted by molar-refractivity contribution is 6.34. The molecule has 0 spiro atoms. The fourth-order valence-corrected chi connectivity index (χ4v) is 3.56. The molecule has 7 heteroatoms. The first-order chi connectivity index (χ1) is 11.5. The molecule has 0 bridgehead atoms. The van der Waals surface area contributed by atoms with Gasteiger partial charge in [0.1, 0.15) is 0 Å². The smallest absolute Gasteiger partial charge is 0.321 e. The van der Waals surface area contributed by atoms with Crippen LogP contribution in [0.4, 0.5) is 10.5 Å². The number of piperidine rings is 1. The average Bonchev–Trinajstić information content (AvgIpc) is 3.01. The van der Waals surface area contributed by atoms with Gasteiger partial charge in [-0.2, -0.15) is 0 Å². The fraction of sp³-hybridized carbons (Fsp3) is 0.529. The summed E-state index contributed by atoms with van der Waals surface area (Å²) in [6, 6.07) is 5.18. The van der Waals surface area contributed by atoms with Gasteiger partial charge in [-0.25, -0.2) is 4.79 Å². The molecule has 24 heavy (non-hydrogen) atoms. The zero-order chi connectivity index (χ0) is 17.3. The summed E-state index contributed by atoms with van der Waals surface area (Å²) in [5.74, 6) is 0.383. The maximum absolute atomic E-state index is 12.8. The van der Waals surface area contributed by atoms with E-state index in [1.165, 1.54) is 0 Å². The lowest BCUT2D eigenvalue weighted by Crippen LogP contribution is -2.42. The van der Waals surface area contributed by atoms with Crippen molar-refractivity contribution in [1.29, 1.82) is 0 Å². The highest BCUT2D eigenvalue weighted by atomic mass is 35.5. The molecule has 1 aromatic rings. The molecule has 0 aromatic heterocycles. The molecule has 2 aliphatic heterocycles. The molecule has 1 aromatic carbocycles. The van der Waals surface area contributed by atoms with E-state index >= 15 is 0 Å².